The Labute approximate surface area is 228 Å². The first-order chi connectivity index (χ1) is 18.4. The Bertz CT molecular complexity index is 1690. The summed E-state index contributed by atoms with van der Waals surface area (Å²) in [4.78, 5) is 31.9. The topological polar surface area (TPSA) is 69.9 Å². The Morgan fingerprint density at radius 1 is 1.08 bits per heavy atom. The van der Waals surface area contributed by atoms with Crippen molar-refractivity contribution >= 4 is 35.0 Å². The average molecular weight is 545 g/mol. The number of rotatable bonds is 7. The van der Waals surface area contributed by atoms with Crippen LogP contribution in [-0.2, 0) is 16.1 Å². The van der Waals surface area contributed by atoms with Crippen LogP contribution < -0.4 is 19.6 Å². The predicted molar refractivity (Wildman–Crippen MR) is 149 cm³/mol. The van der Waals surface area contributed by atoms with Crippen LogP contribution in [0.5, 0.6) is 5.75 Å². The molecule has 0 amide bonds. The van der Waals surface area contributed by atoms with E-state index in [2.05, 4.69) is 4.99 Å². The zero-order chi connectivity index (χ0) is 26.6. The molecule has 0 radical (unpaired) electrons. The fourth-order valence-corrected chi connectivity index (χ4v) is 5.51. The number of thiazole rings is 1. The highest BCUT2D eigenvalue weighted by Crippen LogP contribution is 2.31. The van der Waals surface area contributed by atoms with Crippen molar-refractivity contribution in [1.82, 2.24) is 4.57 Å². The molecule has 1 aromatic heterocycles. The van der Waals surface area contributed by atoms with E-state index in [9.17, 15) is 9.59 Å². The minimum atomic E-state index is -0.676. The quantitative estimate of drug-likeness (QED) is 0.306. The number of esters is 1. The van der Waals surface area contributed by atoms with Gasteiger partial charge < -0.3 is 9.47 Å². The molecular formula is C30H25ClN2O4S. The van der Waals surface area contributed by atoms with Gasteiger partial charge in [-0.15, -0.1) is 0 Å². The minimum Gasteiger partial charge on any atom is -0.489 e. The third kappa shape index (κ3) is 5.35. The highest BCUT2D eigenvalue weighted by atomic mass is 35.5. The van der Waals surface area contributed by atoms with Gasteiger partial charge in [0, 0.05) is 5.02 Å². The van der Waals surface area contributed by atoms with Crippen molar-refractivity contribution < 1.29 is 14.3 Å². The average Bonchev–Trinajstić information content (AvgIpc) is 3.22. The third-order valence-electron chi connectivity index (χ3n) is 6.11. The van der Waals surface area contributed by atoms with E-state index in [1.807, 2.05) is 72.8 Å². The van der Waals surface area contributed by atoms with Crippen LogP contribution in [0.1, 0.15) is 36.6 Å². The van der Waals surface area contributed by atoms with E-state index in [1.165, 1.54) is 11.3 Å². The molecule has 0 N–H and O–H groups in total. The molecule has 0 saturated heterocycles. The van der Waals surface area contributed by atoms with Gasteiger partial charge in [0.05, 0.1) is 28.5 Å². The van der Waals surface area contributed by atoms with E-state index >= 15 is 0 Å². The van der Waals surface area contributed by atoms with E-state index in [0.717, 1.165) is 16.7 Å². The van der Waals surface area contributed by atoms with Gasteiger partial charge in [-0.05, 0) is 60.9 Å². The number of ether oxygens (including phenoxy) is 2. The van der Waals surface area contributed by atoms with Gasteiger partial charge in [0.25, 0.3) is 5.56 Å². The molecule has 0 fully saturated rings. The maximum absolute atomic E-state index is 13.7. The van der Waals surface area contributed by atoms with Gasteiger partial charge in [-0.2, -0.15) is 0 Å². The molecule has 6 nitrogen and oxygen atoms in total. The third-order valence-corrected chi connectivity index (χ3v) is 7.34. The number of fused-ring (bicyclic) bond motifs is 1. The number of allylic oxidation sites excluding steroid dienone is 1. The molecule has 3 aromatic carbocycles. The smallest absolute Gasteiger partial charge is 0.338 e. The zero-order valence-electron chi connectivity index (χ0n) is 20.9. The van der Waals surface area contributed by atoms with Crippen molar-refractivity contribution in [1.29, 1.82) is 0 Å². The number of hydrogen-bond acceptors (Lipinski definition) is 6. The fraction of sp³-hybridized carbons (Fsp3) is 0.167. The summed E-state index contributed by atoms with van der Waals surface area (Å²) in [6, 6.07) is 24.0. The lowest BCUT2D eigenvalue weighted by molar-refractivity contribution is -0.139. The standard InChI is InChI=1S/C30H25ClN2O4S/c1-3-36-29(35)26-19(2)32-30-33(27(26)22-12-14-23(31)15-13-22)28(34)25(38-30)17-21-10-7-11-24(16-21)37-18-20-8-5-4-6-9-20/h4-17,27H,3,18H2,1-2H3/b25-17-/t27-/m1/s1. The summed E-state index contributed by atoms with van der Waals surface area (Å²) in [5.74, 6) is 0.209. The van der Waals surface area contributed by atoms with E-state index in [4.69, 9.17) is 21.1 Å². The highest BCUT2D eigenvalue weighted by molar-refractivity contribution is 7.07. The second-order valence-electron chi connectivity index (χ2n) is 8.70. The van der Waals surface area contributed by atoms with E-state index < -0.39 is 12.0 Å². The molecule has 1 atom stereocenters. The van der Waals surface area contributed by atoms with Crippen LogP contribution in [0.2, 0.25) is 5.02 Å². The second kappa shape index (κ2) is 11.2. The molecule has 0 saturated carbocycles. The number of nitrogens with zero attached hydrogens (tertiary/aromatic N) is 2. The lowest BCUT2D eigenvalue weighted by atomic mass is 9.96. The van der Waals surface area contributed by atoms with Crippen LogP contribution in [0.4, 0.5) is 0 Å². The van der Waals surface area contributed by atoms with Gasteiger partial charge in [-0.25, -0.2) is 9.79 Å². The van der Waals surface area contributed by atoms with Gasteiger partial charge in [-0.1, -0.05) is 77.5 Å². The van der Waals surface area contributed by atoms with Crippen molar-refractivity contribution in [2.45, 2.75) is 26.5 Å². The van der Waals surface area contributed by atoms with Crippen molar-refractivity contribution in [3.05, 3.63) is 132 Å². The monoisotopic (exact) mass is 544 g/mol. The Morgan fingerprint density at radius 3 is 2.58 bits per heavy atom. The summed E-state index contributed by atoms with van der Waals surface area (Å²) in [5, 5.41) is 0.564. The van der Waals surface area contributed by atoms with E-state index in [-0.39, 0.29) is 12.2 Å². The van der Waals surface area contributed by atoms with Crippen LogP contribution in [0.3, 0.4) is 0 Å². The fourth-order valence-electron chi connectivity index (χ4n) is 4.34. The molecule has 4 aromatic rings. The summed E-state index contributed by atoms with van der Waals surface area (Å²) in [5.41, 5.74) is 3.26. The first-order valence-electron chi connectivity index (χ1n) is 12.2. The molecule has 1 aliphatic heterocycles. The normalized spacial score (nSPS) is 15.1. The molecule has 192 valence electrons. The molecule has 8 heteroatoms. The van der Waals surface area contributed by atoms with Gasteiger partial charge in [-0.3, -0.25) is 9.36 Å². The maximum atomic E-state index is 13.7. The Balaban J connectivity index is 1.55. The van der Waals surface area contributed by atoms with Crippen molar-refractivity contribution in [2.24, 2.45) is 4.99 Å². The van der Waals surface area contributed by atoms with Crippen molar-refractivity contribution in [2.75, 3.05) is 6.61 Å². The summed E-state index contributed by atoms with van der Waals surface area (Å²) in [6.07, 6.45) is 1.82. The highest BCUT2D eigenvalue weighted by Gasteiger charge is 2.33. The molecule has 0 bridgehead atoms. The molecule has 0 spiro atoms. The molecule has 0 unspecified atom stereocenters. The van der Waals surface area contributed by atoms with Crippen LogP contribution in [0, 0.1) is 0 Å². The largest absolute Gasteiger partial charge is 0.489 e. The van der Waals surface area contributed by atoms with Crippen LogP contribution in [0.15, 0.2) is 99.9 Å². The van der Waals surface area contributed by atoms with Gasteiger partial charge in [0.15, 0.2) is 4.80 Å². The summed E-state index contributed by atoms with van der Waals surface area (Å²) in [6.45, 7) is 4.18. The molecule has 1 aliphatic rings. The first kappa shape index (κ1) is 25.7. The Hall–Kier alpha value is -3.94. The Morgan fingerprint density at radius 2 is 1.84 bits per heavy atom. The summed E-state index contributed by atoms with van der Waals surface area (Å²) in [7, 11) is 0. The van der Waals surface area contributed by atoms with E-state index in [0.29, 0.717) is 38.0 Å². The first-order valence-corrected chi connectivity index (χ1v) is 13.4. The zero-order valence-corrected chi connectivity index (χ0v) is 22.5. The number of carbonyl (C=O) groups excluding carboxylic acids is 1. The van der Waals surface area contributed by atoms with Crippen LogP contribution >= 0.6 is 22.9 Å². The SMILES string of the molecule is CCOC(=O)C1=C(C)N=c2s/c(=C\c3cccc(OCc4ccccc4)c3)c(=O)n2[C@@H]1c1ccc(Cl)cc1. The number of hydrogen-bond donors (Lipinski definition) is 0. The number of carbonyl (C=O) groups is 1. The minimum absolute atomic E-state index is 0.218. The summed E-state index contributed by atoms with van der Waals surface area (Å²) >= 11 is 7.40. The maximum Gasteiger partial charge on any atom is 0.338 e. The molecular weight excluding hydrogens is 520 g/mol. The molecule has 38 heavy (non-hydrogen) atoms. The number of halogens is 1. The summed E-state index contributed by atoms with van der Waals surface area (Å²) < 4.78 is 13.4. The van der Waals surface area contributed by atoms with Gasteiger partial charge in [0.2, 0.25) is 0 Å². The van der Waals surface area contributed by atoms with Gasteiger partial charge >= 0.3 is 5.97 Å². The van der Waals surface area contributed by atoms with Crippen LogP contribution in [-0.4, -0.2) is 17.1 Å². The molecule has 5 rings (SSSR count). The lowest BCUT2D eigenvalue weighted by Crippen LogP contribution is -2.39. The predicted octanol–water partition coefficient (Wildman–Crippen LogP) is 5.03. The number of benzene rings is 3. The Kier molecular flexibility index (Phi) is 7.58. The van der Waals surface area contributed by atoms with Crippen molar-refractivity contribution in [3.8, 4) is 5.75 Å². The second-order valence-corrected chi connectivity index (χ2v) is 10.1. The molecule has 0 aliphatic carbocycles. The molecule has 2 heterocycles. The lowest BCUT2D eigenvalue weighted by Gasteiger charge is -2.24. The number of aromatic nitrogens is 1. The van der Waals surface area contributed by atoms with Crippen molar-refractivity contribution in [3.63, 3.8) is 0 Å². The van der Waals surface area contributed by atoms with Crippen LogP contribution in [0.25, 0.3) is 6.08 Å². The van der Waals surface area contributed by atoms with Gasteiger partial charge in [0.1, 0.15) is 12.4 Å². The van der Waals surface area contributed by atoms with E-state index in [1.54, 1.807) is 30.5 Å².